The summed E-state index contributed by atoms with van der Waals surface area (Å²) in [6.45, 7) is 2.56. The summed E-state index contributed by atoms with van der Waals surface area (Å²) in [5.41, 5.74) is 8.95. The van der Waals surface area contributed by atoms with Crippen molar-refractivity contribution in [2.24, 2.45) is 5.73 Å². The summed E-state index contributed by atoms with van der Waals surface area (Å²) in [5.74, 6) is 0.920. The second-order valence-electron chi connectivity index (χ2n) is 3.77. The van der Waals surface area contributed by atoms with Gasteiger partial charge in [0, 0.05) is 12.3 Å². The first kappa shape index (κ1) is 12.1. The average molecular weight is 245 g/mol. The Morgan fingerprint density at radius 3 is 2.65 bits per heavy atom. The van der Waals surface area contributed by atoms with E-state index in [9.17, 15) is 0 Å². The normalized spacial score (nSPS) is 10.5. The van der Waals surface area contributed by atoms with E-state index < -0.39 is 0 Å². The monoisotopic (exact) mass is 245 g/mol. The predicted octanol–water partition coefficient (Wildman–Crippen LogP) is 2.54. The molecule has 0 aliphatic rings. The Bertz CT molecular complexity index is 482. The largest absolute Gasteiger partial charge is 0.325 e. The second kappa shape index (κ2) is 5.80. The van der Waals surface area contributed by atoms with Gasteiger partial charge in [0.15, 0.2) is 0 Å². The lowest BCUT2D eigenvalue weighted by molar-refractivity contribution is 0.923. The fourth-order valence-corrected chi connectivity index (χ4v) is 2.33. The van der Waals surface area contributed by atoms with Crippen molar-refractivity contribution in [2.75, 3.05) is 0 Å². The van der Waals surface area contributed by atoms with E-state index in [1.807, 2.05) is 0 Å². The standard InChI is InChI=1S/C13H15N3S/c1-10-4-2-3-5-11(10)9-17-13-8-15-12(6-14)7-16-13/h2-5,7-8H,6,9,14H2,1H3. The summed E-state index contributed by atoms with van der Waals surface area (Å²) < 4.78 is 0. The number of nitrogens with zero attached hydrogens (tertiary/aromatic N) is 2. The van der Waals surface area contributed by atoms with Gasteiger partial charge >= 0.3 is 0 Å². The zero-order chi connectivity index (χ0) is 12.1. The van der Waals surface area contributed by atoms with Gasteiger partial charge in [-0.05, 0) is 18.1 Å². The van der Waals surface area contributed by atoms with Gasteiger partial charge in [0.05, 0.1) is 18.1 Å². The van der Waals surface area contributed by atoms with Crippen LogP contribution >= 0.6 is 11.8 Å². The Balaban J connectivity index is 2.00. The minimum Gasteiger partial charge on any atom is -0.325 e. The minimum atomic E-state index is 0.440. The first-order valence-electron chi connectivity index (χ1n) is 5.48. The summed E-state index contributed by atoms with van der Waals surface area (Å²) in [4.78, 5) is 8.54. The molecule has 2 N–H and O–H groups in total. The van der Waals surface area contributed by atoms with Crippen molar-refractivity contribution in [2.45, 2.75) is 24.2 Å². The molecule has 0 amide bonds. The number of thioether (sulfide) groups is 1. The van der Waals surface area contributed by atoms with Gasteiger partial charge in [0.1, 0.15) is 5.03 Å². The van der Waals surface area contributed by atoms with E-state index in [0.29, 0.717) is 6.54 Å². The molecule has 0 bridgehead atoms. The van der Waals surface area contributed by atoms with Crippen LogP contribution < -0.4 is 5.73 Å². The SMILES string of the molecule is Cc1ccccc1CSc1cnc(CN)cn1. The van der Waals surface area contributed by atoms with Crippen LogP contribution in [0.5, 0.6) is 0 Å². The highest BCUT2D eigenvalue weighted by Crippen LogP contribution is 2.21. The summed E-state index contributed by atoms with van der Waals surface area (Å²) in [6.07, 6.45) is 3.52. The molecular weight excluding hydrogens is 230 g/mol. The zero-order valence-corrected chi connectivity index (χ0v) is 10.6. The first-order valence-corrected chi connectivity index (χ1v) is 6.46. The molecule has 0 atom stereocenters. The van der Waals surface area contributed by atoms with Crippen LogP contribution in [0.3, 0.4) is 0 Å². The summed E-state index contributed by atoms with van der Waals surface area (Å²) in [6, 6.07) is 8.38. The van der Waals surface area contributed by atoms with Gasteiger partial charge in [-0.15, -0.1) is 11.8 Å². The fourth-order valence-electron chi connectivity index (χ4n) is 1.45. The Hall–Kier alpha value is -1.39. The van der Waals surface area contributed by atoms with Crippen molar-refractivity contribution >= 4 is 11.8 Å². The molecule has 0 saturated carbocycles. The van der Waals surface area contributed by atoms with Crippen LogP contribution in [-0.2, 0) is 12.3 Å². The number of rotatable bonds is 4. The maximum atomic E-state index is 5.48. The quantitative estimate of drug-likeness (QED) is 0.841. The maximum Gasteiger partial charge on any atom is 0.115 e. The molecule has 2 rings (SSSR count). The molecule has 0 fully saturated rings. The van der Waals surface area contributed by atoms with Crippen molar-refractivity contribution in [1.29, 1.82) is 0 Å². The third-order valence-corrected chi connectivity index (χ3v) is 3.49. The second-order valence-corrected chi connectivity index (χ2v) is 4.76. The Morgan fingerprint density at radius 2 is 2.00 bits per heavy atom. The van der Waals surface area contributed by atoms with E-state index in [4.69, 9.17) is 5.73 Å². The molecule has 1 aromatic heterocycles. The highest BCUT2D eigenvalue weighted by atomic mass is 32.2. The van der Waals surface area contributed by atoms with Crippen LogP contribution in [0, 0.1) is 6.92 Å². The lowest BCUT2D eigenvalue weighted by Crippen LogP contribution is -2.00. The van der Waals surface area contributed by atoms with E-state index in [0.717, 1.165) is 16.5 Å². The first-order chi connectivity index (χ1) is 8.29. The Morgan fingerprint density at radius 1 is 1.18 bits per heavy atom. The molecule has 17 heavy (non-hydrogen) atoms. The minimum absolute atomic E-state index is 0.440. The lowest BCUT2D eigenvalue weighted by atomic mass is 10.1. The van der Waals surface area contributed by atoms with Crippen molar-refractivity contribution in [3.8, 4) is 0 Å². The van der Waals surface area contributed by atoms with Gasteiger partial charge < -0.3 is 5.73 Å². The average Bonchev–Trinajstić information content (AvgIpc) is 2.38. The third-order valence-electron chi connectivity index (χ3n) is 2.53. The van der Waals surface area contributed by atoms with Crippen LogP contribution in [0.2, 0.25) is 0 Å². The van der Waals surface area contributed by atoms with E-state index >= 15 is 0 Å². The third kappa shape index (κ3) is 3.28. The van der Waals surface area contributed by atoms with Gasteiger partial charge in [-0.1, -0.05) is 24.3 Å². The number of benzene rings is 1. The number of nitrogens with two attached hydrogens (primary N) is 1. The van der Waals surface area contributed by atoms with Crippen LogP contribution in [0.1, 0.15) is 16.8 Å². The van der Waals surface area contributed by atoms with Gasteiger partial charge in [0.25, 0.3) is 0 Å². The van der Waals surface area contributed by atoms with Crippen LogP contribution in [0.15, 0.2) is 41.7 Å². The molecule has 0 spiro atoms. The zero-order valence-electron chi connectivity index (χ0n) is 9.76. The lowest BCUT2D eigenvalue weighted by Gasteiger charge is -2.04. The van der Waals surface area contributed by atoms with Crippen molar-refractivity contribution in [1.82, 2.24) is 9.97 Å². The van der Waals surface area contributed by atoms with Gasteiger partial charge in [-0.3, -0.25) is 4.98 Å². The Labute approximate surface area is 105 Å². The maximum absolute atomic E-state index is 5.48. The molecule has 3 nitrogen and oxygen atoms in total. The Kier molecular flexibility index (Phi) is 4.12. The van der Waals surface area contributed by atoms with Crippen LogP contribution in [0.25, 0.3) is 0 Å². The summed E-state index contributed by atoms with van der Waals surface area (Å²) in [5, 5.41) is 0.936. The van der Waals surface area contributed by atoms with E-state index in [-0.39, 0.29) is 0 Å². The van der Waals surface area contributed by atoms with Gasteiger partial charge in [-0.2, -0.15) is 0 Å². The highest BCUT2D eigenvalue weighted by Gasteiger charge is 2.01. The molecular formula is C13H15N3S. The summed E-state index contributed by atoms with van der Waals surface area (Å²) in [7, 11) is 0. The number of hydrogen-bond acceptors (Lipinski definition) is 4. The highest BCUT2D eigenvalue weighted by molar-refractivity contribution is 7.98. The van der Waals surface area contributed by atoms with Crippen molar-refractivity contribution in [3.63, 3.8) is 0 Å². The van der Waals surface area contributed by atoms with Gasteiger partial charge in [0.2, 0.25) is 0 Å². The summed E-state index contributed by atoms with van der Waals surface area (Å²) >= 11 is 1.69. The van der Waals surface area contributed by atoms with E-state index in [2.05, 4.69) is 41.2 Å². The van der Waals surface area contributed by atoms with Crippen LogP contribution in [-0.4, -0.2) is 9.97 Å². The van der Waals surface area contributed by atoms with E-state index in [1.54, 1.807) is 24.2 Å². The molecule has 0 unspecified atom stereocenters. The molecule has 1 heterocycles. The molecule has 0 aliphatic heterocycles. The predicted molar refractivity (Wildman–Crippen MR) is 70.7 cm³/mol. The fraction of sp³-hybridized carbons (Fsp3) is 0.231. The number of aryl methyl sites for hydroxylation is 1. The topological polar surface area (TPSA) is 51.8 Å². The molecule has 1 aromatic carbocycles. The van der Waals surface area contributed by atoms with Crippen molar-refractivity contribution in [3.05, 3.63) is 53.5 Å². The van der Waals surface area contributed by atoms with Crippen molar-refractivity contribution < 1.29 is 0 Å². The van der Waals surface area contributed by atoms with Crippen LogP contribution in [0.4, 0.5) is 0 Å². The van der Waals surface area contributed by atoms with Gasteiger partial charge in [-0.25, -0.2) is 4.98 Å². The number of aromatic nitrogens is 2. The molecule has 0 saturated heterocycles. The number of hydrogen-bond donors (Lipinski definition) is 1. The molecule has 2 aromatic rings. The smallest absolute Gasteiger partial charge is 0.115 e. The molecule has 88 valence electrons. The van der Waals surface area contributed by atoms with E-state index in [1.165, 1.54) is 11.1 Å². The molecule has 0 radical (unpaired) electrons. The molecule has 4 heteroatoms. The molecule has 0 aliphatic carbocycles.